The summed E-state index contributed by atoms with van der Waals surface area (Å²) in [6, 6.07) is 18.4. The van der Waals surface area contributed by atoms with Crippen molar-refractivity contribution < 1.29 is 0 Å². The highest BCUT2D eigenvalue weighted by Crippen LogP contribution is 2.35. The maximum atomic E-state index is 6.53. The lowest BCUT2D eigenvalue weighted by Gasteiger charge is -2.18. The minimum Gasteiger partial charge on any atom is -0.383 e. The van der Waals surface area contributed by atoms with Gasteiger partial charge in [-0.05, 0) is 55.3 Å². The molecule has 0 radical (unpaired) electrons. The number of aliphatic imine (C=N–C) groups is 1. The third-order valence-electron chi connectivity index (χ3n) is 6.25. The fraction of sp³-hybridized carbons (Fsp3) is 0.231. The number of thioether (sulfide) groups is 1. The van der Waals surface area contributed by atoms with Crippen molar-refractivity contribution in [3.8, 4) is 11.1 Å². The first kappa shape index (κ1) is 22.8. The molecule has 1 aliphatic carbocycles. The second-order valence-electron chi connectivity index (χ2n) is 8.55. The van der Waals surface area contributed by atoms with Crippen LogP contribution in [0, 0.1) is 0 Å². The molecular weight excluding hydrogens is 464 g/mol. The molecule has 0 spiro atoms. The Morgan fingerprint density at radius 2 is 1.97 bits per heavy atom. The molecule has 5 rings (SSSR count). The van der Waals surface area contributed by atoms with Crippen LogP contribution in [-0.4, -0.2) is 33.8 Å². The van der Waals surface area contributed by atoms with E-state index in [0.29, 0.717) is 16.5 Å². The smallest absolute Gasteiger partial charge is 0.135 e. The van der Waals surface area contributed by atoms with Crippen LogP contribution in [0.4, 0.5) is 11.4 Å². The molecule has 8 heteroatoms. The second kappa shape index (κ2) is 9.70. The summed E-state index contributed by atoms with van der Waals surface area (Å²) in [5.74, 6) is 0.361. The van der Waals surface area contributed by atoms with Crippen LogP contribution in [0.1, 0.15) is 24.8 Å². The molecular formula is C26H27ClN6S. The van der Waals surface area contributed by atoms with Crippen molar-refractivity contribution in [1.29, 1.82) is 0 Å². The standard InChI is InChI=1S/C26H27ClN6S/c1-34-24-9-5-2-6-19(24)16-12-23-25(31-18-11-10-17(28)13-18)20(14-30-33(23)15-16)26(29)32-22-8-4-3-7-21(22)27/h2-9,12,14-15,17-18,31H,10-11,13,28H2,1H3,(H2,29,32)/t17-,18+/m0/s1. The monoisotopic (exact) mass is 490 g/mol. The summed E-state index contributed by atoms with van der Waals surface area (Å²) in [6.45, 7) is 0. The number of halogens is 1. The highest BCUT2D eigenvalue weighted by atomic mass is 35.5. The lowest BCUT2D eigenvalue weighted by molar-refractivity contribution is 0.687. The largest absolute Gasteiger partial charge is 0.383 e. The Balaban J connectivity index is 1.64. The van der Waals surface area contributed by atoms with Gasteiger partial charge < -0.3 is 16.8 Å². The molecule has 1 aliphatic rings. The number of aromatic nitrogens is 2. The number of rotatable bonds is 6. The van der Waals surface area contributed by atoms with Gasteiger partial charge in [0.1, 0.15) is 5.84 Å². The van der Waals surface area contributed by atoms with Gasteiger partial charge in [0.05, 0.1) is 33.7 Å². The molecule has 4 aromatic rings. The van der Waals surface area contributed by atoms with Crippen molar-refractivity contribution in [3.05, 3.63) is 77.6 Å². The zero-order chi connectivity index (χ0) is 23.7. The number of nitrogens with one attached hydrogen (secondary N) is 1. The Morgan fingerprint density at radius 3 is 2.74 bits per heavy atom. The molecule has 34 heavy (non-hydrogen) atoms. The maximum absolute atomic E-state index is 6.53. The van der Waals surface area contributed by atoms with Gasteiger partial charge >= 0.3 is 0 Å². The molecule has 174 valence electrons. The first-order valence-corrected chi connectivity index (χ1v) is 12.9. The average molecular weight is 491 g/mol. The number of benzene rings is 2. The number of hydrogen-bond donors (Lipinski definition) is 3. The van der Waals surface area contributed by atoms with Gasteiger partial charge in [-0.3, -0.25) is 0 Å². The van der Waals surface area contributed by atoms with E-state index in [2.05, 4.69) is 58.2 Å². The van der Waals surface area contributed by atoms with Crippen molar-refractivity contribution in [2.45, 2.75) is 36.2 Å². The fourth-order valence-corrected chi connectivity index (χ4v) is 5.32. The summed E-state index contributed by atoms with van der Waals surface area (Å²) >= 11 is 8.06. The highest BCUT2D eigenvalue weighted by molar-refractivity contribution is 7.98. The SMILES string of the molecule is CSc1ccccc1-c1cc2c(N[C@@H]3CC[C@H](N)C3)c(C(N)=Nc3ccccc3Cl)cnn2c1. The van der Waals surface area contributed by atoms with Crippen LogP contribution in [0.5, 0.6) is 0 Å². The van der Waals surface area contributed by atoms with Gasteiger partial charge in [-0.1, -0.05) is 41.9 Å². The zero-order valence-electron chi connectivity index (χ0n) is 18.9. The molecule has 1 fully saturated rings. The highest BCUT2D eigenvalue weighted by Gasteiger charge is 2.24. The number of amidine groups is 1. The molecule has 0 aliphatic heterocycles. The number of para-hydroxylation sites is 1. The van der Waals surface area contributed by atoms with E-state index >= 15 is 0 Å². The van der Waals surface area contributed by atoms with Gasteiger partial charge in [0.15, 0.2) is 0 Å². The van der Waals surface area contributed by atoms with Gasteiger partial charge in [-0.15, -0.1) is 11.8 Å². The summed E-state index contributed by atoms with van der Waals surface area (Å²) in [5, 5.41) is 8.94. The first-order chi connectivity index (χ1) is 16.5. The molecule has 2 aromatic carbocycles. The third kappa shape index (κ3) is 4.51. The van der Waals surface area contributed by atoms with E-state index in [0.717, 1.165) is 41.6 Å². The number of hydrogen-bond acceptors (Lipinski definition) is 5. The van der Waals surface area contributed by atoms with Crippen LogP contribution in [0.15, 0.2) is 76.9 Å². The normalized spacial score (nSPS) is 18.5. The molecule has 0 saturated heterocycles. The Hall–Kier alpha value is -3.00. The van der Waals surface area contributed by atoms with E-state index in [-0.39, 0.29) is 12.1 Å². The fourth-order valence-electron chi connectivity index (χ4n) is 4.52. The Bertz CT molecular complexity index is 1360. The van der Waals surface area contributed by atoms with E-state index in [1.54, 1.807) is 24.0 Å². The van der Waals surface area contributed by atoms with Crippen molar-refractivity contribution in [3.63, 3.8) is 0 Å². The lowest BCUT2D eigenvalue weighted by Crippen LogP contribution is -2.24. The molecule has 2 heterocycles. The van der Waals surface area contributed by atoms with Crippen LogP contribution in [-0.2, 0) is 0 Å². The number of nitrogens with zero attached hydrogens (tertiary/aromatic N) is 3. The molecule has 2 aromatic heterocycles. The van der Waals surface area contributed by atoms with Crippen molar-refractivity contribution in [2.75, 3.05) is 11.6 Å². The third-order valence-corrected chi connectivity index (χ3v) is 7.36. The quantitative estimate of drug-likeness (QED) is 0.183. The topological polar surface area (TPSA) is 93.7 Å². The van der Waals surface area contributed by atoms with Crippen LogP contribution < -0.4 is 16.8 Å². The van der Waals surface area contributed by atoms with Crippen LogP contribution in [0.3, 0.4) is 0 Å². The molecule has 1 saturated carbocycles. The van der Waals surface area contributed by atoms with E-state index < -0.39 is 0 Å². The molecule has 0 unspecified atom stereocenters. The van der Waals surface area contributed by atoms with E-state index in [4.69, 9.17) is 23.1 Å². The van der Waals surface area contributed by atoms with Gasteiger partial charge in [0.2, 0.25) is 0 Å². The predicted molar refractivity (Wildman–Crippen MR) is 143 cm³/mol. The summed E-state index contributed by atoms with van der Waals surface area (Å²) in [6.07, 6.45) is 8.85. The first-order valence-electron chi connectivity index (χ1n) is 11.3. The summed E-state index contributed by atoms with van der Waals surface area (Å²) < 4.78 is 1.90. The molecule has 6 nitrogen and oxygen atoms in total. The minimum absolute atomic E-state index is 0.212. The van der Waals surface area contributed by atoms with E-state index in [9.17, 15) is 0 Å². The van der Waals surface area contributed by atoms with Crippen molar-refractivity contribution in [1.82, 2.24) is 9.61 Å². The Kier molecular flexibility index (Phi) is 6.50. The van der Waals surface area contributed by atoms with Crippen LogP contribution >= 0.6 is 23.4 Å². The van der Waals surface area contributed by atoms with Crippen LogP contribution in [0.2, 0.25) is 5.02 Å². The van der Waals surface area contributed by atoms with Gasteiger partial charge in [0.25, 0.3) is 0 Å². The van der Waals surface area contributed by atoms with Crippen molar-refractivity contribution in [2.24, 2.45) is 16.5 Å². The Morgan fingerprint density at radius 1 is 1.18 bits per heavy atom. The maximum Gasteiger partial charge on any atom is 0.135 e. The zero-order valence-corrected chi connectivity index (χ0v) is 20.5. The minimum atomic E-state index is 0.212. The lowest BCUT2D eigenvalue weighted by atomic mass is 10.1. The molecule has 0 amide bonds. The molecule has 0 bridgehead atoms. The summed E-state index contributed by atoms with van der Waals surface area (Å²) in [4.78, 5) is 5.84. The molecule has 5 N–H and O–H groups in total. The molecule has 2 atom stereocenters. The number of nitrogens with two attached hydrogens (primary N) is 2. The number of anilines is 1. The van der Waals surface area contributed by atoms with Gasteiger partial charge in [-0.25, -0.2) is 9.51 Å². The predicted octanol–water partition coefficient (Wildman–Crippen LogP) is 5.71. The summed E-state index contributed by atoms with van der Waals surface area (Å²) in [5.41, 5.74) is 18.2. The second-order valence-corrected chi connectivity index (χ2v) is 9.81. The van der Waals surface area contributed by atoms with E-state index in [1.165, 1.54) is 10.5 Å². The average Bonchev–Trinajstić information content (AvgIpc) is 3.46. The Labute approximate surface area is 208 Å². The van der Waals surface area contributed by atoms with Gasteiger partial charge in [-0.2, -0.15) is 5.10 Å². The summed E-state index contributed by atoms with van der Waals surface area (Å²) in [7, 11) is 0. The van der Waals surface area contributed by atoms with Crippen LogP contribution in [0.25, 0.3) is 16.6 Å². The van der Waals surface area contributed by atoms with Gasteiger partial charge in [0, 0.05) is 28.7 Å². The van der Waals surface area contributed by atoms with Crippen molar-refractivity contribution >= 4 is 46.1 Å². The number of fused-ring (bicyclic) bond motifs is 1. The van der Waals surface area contributed by atoms with E-state index in [1.807, 2.05) is 22.7 Å².